The van der Waals surface area contributed by atoms with Crippen LogP contribution in [0.25, 0.3) is 10.6 Å². The molecule has 7 heteroatoms. The highest BCUT2D eigenvalue weighted by Gasteiger charge is 2.28. The van der Waals surface area contributed by atoms with E-state index in [0.29, 0.717) is 10.6 Å². The van der Waals surface area contributed by atoms with Crippen LogP contribution in [0.15, 0.2) is 60.0 Å². The minimum atomic E-state index is -1.02. The van der Waals surface area contributed by atoms with Crippen molar-refractivity contribution < 1.29 is 19.1 Å². The second kappa shape index (κ2) is 8.67. The third-order valence-corrected chi connectivity index (χ3v) is 4.93. The van der Waals surface area contributed by atoms with E-state index in [1.165, 1.54) is 16.2 Å². The van der Waals surface area contributed by atoms with E-state index in [0.717, 1.165) is 11.3 Å². The summed E-state index contributed by atoms with van der Waals surface area (Å²) in [5, 5.41) is 2.31. The second-order valence-corrected chi connectivity index (χ2v) is 7.05. The Morgan fingerprint density at radius 3 is 2.32 bits per heavy atom. The molecule has 0 saturated carbocycles. The standard InChI is InChI=1S/C21H20N2O4S/c1-23(2)20(24)18(14-7-5-4-6-8-14)27-21(25)17-13-28-19(22-17)15-9-11-16(26-3)12-10-15/h4-13,18H,1-3H3. The van der Waals surface area contributed by atoms with E-state index in [9.17, 15) is 9.59 Å². The van der Waals surface area contributed by atoms with Crippen molar-refractivity contribution in [1.29, 1.82) is 0 Å². The van der Waals surface area contributed by atoms with Gasteiger partial charge in [0, 0.05) is 30.6 Å². The molecule has 6 nitrogen and oxygen atoms in total. The first-order valence-electron chi connectivity index (χ1n) is 8.56. The van der Waals surface area contributed by atoms with E-state index >= 15 is 0 Å². The molecule has 1 aromatic heterocycles. The van der Waals surface area contributed by atoms with Gasteiger partial charge in [0.05, 0.1) is 7.11 Å². The number of aromatic nitrogens is 1. The number of likely N-dealkylation sites (N-methyl/N-ethyl adjacent to an activating group) is 1. The molecule has 0 radical (unpaired) electrons. The number of benzene rings is 2. The van der Waals surface area contributed by atoms with Gasteiger partial charge < -0.3 is 14.4 Å². The Labute approximate surface area is 167 Å². The van der Waals surface area contributed by atoms with Crippen LogP contribution in [0.1, 0.15) is 22.2 Å². The van der Waals surface area contributed by atoms with Gasteiger partial charge in [0.15, 0.2) is 5.69 Å². The zero-order valence-electron chi connectivity index (χ0n) is 15.8. The molecule has 0 N–H and O–H groups in total. The summed E-state index contributed by atoms with van der Waals surface area (Å²) in [6.07, 6.45) is -1.02. The number of hydrogen-bond donors (Lipinski definition) is 0. The summed E-state index contributed by atoms with van der Waals surface area (Å²) in [7, 11) is 4.85. The average molecular weight is 396 g/mol. The van der Waals surface area contributed by atoms with Crippen molar-refractivity contribution in [2.45, 2.75) is 6.10 Å². The van der Waals surface area contributed by atoms with E-state index in [-0.39, 0.29) is 11.6 Å². The minimum absolute atomic E-state index is 0.170. The molecule has 28 heavy (non-hydrogen) atoms. The molecular weight excluding hydrogens is 376 g/mol. The van der Waals surface area contributed by atoms with Crippen molar-refractivity contribution in [1.82, 2.24) is 9.88 Å². The Balaban J connectivity index is 1.80. The van der Waals surface area contributed by atoms with E-state index in [2.05, 4.69) is 4.98 Å². The summed E-state index contributed by atoms with van der Waals surface area (Å²) >= 11 is 1.33. The Hall–Kier alpha value is -3.19. The van der Waals surface area contributed by atoms with Crippen molar-refractivity contribution in [3.05, 3.63) is 71.2 Å². The molecule has 1 amide bonds. The predicted molar refractivity (Wildman–Crippen MR) is 107 cm³/mol. The lowest BCUT2D eigenvalue weighted by atomic mass is 10.1. The van der Waals surface area contributed by atoms with Crippen LogP contribution in [0.5, 0.6) is 5.75 Å². The van der Waals surface area contributed by atoms with Crippen LogP contribution in [0.3, 0.4) is 0 Å². The van der Waals surface area contributed by atoms with Crippen LogP contribution in [-0.4, -0.2) is 43.0 Å². The summed E-state index contributed by atoms with van der Waals surface area (Å²) in [4.78, 5) is 30.9. The molecule has 0 fully saturated rings. The summed E-state index contributed by atoms with van der Waals surface area (Å²) in [6.45, 7) is 0. The van der Waals surface area contributed by atoms with Gasteiger partial charge in [-0.25, -0.2) is 9.78 Å². The van der Waals surface area contributed by atoms with Crippen molar-refractivity contribution in [3.63, 3.8) is 0 Å². The lowest BCUT2D eigenvalue weighted by Gasteiger charge is -2.20. The minimum Gasteiger partial charge on any atom is -0.497 e. The van der Waals surface area contributed by atoms with Crippen LogP contribution in [0.4, 0.5) is 0 Å². The average Bonchev–Trinajstić information content (AvgIpc) is 3.22. The number of ether oxygens (including phenoxy) is 2. The first kappa shape index (κ1) is 19.6. The van der Waals surface area contributed by atoms with Crippen LogP contribution in [-0.2, 0) is 9.53 Å². The molecule has 3 aromatic rings. The number of esters is 1. The van der Waals surface area contributed by atoms with E-state index in [1.54, 1.807) is 50.9 Å². The highest BCUT2D eigenvalue weighted by Crippen LogP contribution is 2.27. The Kier molecular flexibility index (Phi) is 6.06. The zero-order chi connectivity index (χ0) is 20.1. The van der Waals surface area contributed by atoms with Gasteiger partial charge in [-0.3, -0.25) is 4.79 Å². The molecule has 1 heterocycles. The van der Waals surface area contributed by atoms with Gasteiger partial charge in [-0.1, -0.05) is 30.3 Å². The zero-order valence-corrected chi connectivity index (χ0v) is 16.6. The van der Waals surface area contributed by atoms with Crippen molar-refractivity contribution in [2.24, 2.45) is 0 Å². The third kappa shape index (κ3) is 4.37. The molecule has 0 spiro atoms. The van der Waals surface area contributed by atoms with Crippen molar-refractivity contribution >= 4 is 23.2 Å². The lowest BCUT2D eigenvalue weighted by Crippen LogP contribution is -2.31. The number of thiazole rings is 1. The van der Waals surface area contributed by atoms with Gasteiger partial charge in [-0.05, 0) is 24.3 Å². The first-order chi connectivity index (χ1) is 13.5. The highest BCUT2D eigenvalue weighted by molar-refractivity contribution is 7.13. The number of hydrogen-bond acceptors (Lipinski definition) is 6. The quantitative estimate of drug-likeness (QED) is 0.593. The topological polar surface area (TPSA) is 68.7 Å². The highest BCUT2D eigenvalue weighted by atomic mass is 32.1. The maximum absolute atomic E-state index is 12.6. The molecule has 0 aliphatic rings. The molecule has 0 bridgehead atoms. The van der Waals surface area contributed by atoms with Crippen molar-refractivity contribution in [2.75, 3.05) is 21.2 Å². The van der Waals surface area contributed by atoms with Crippen LogP contribution < -0.4 is 4.74 Å². The molecule has 0 aliphatic carbocycles. The number of carbonyl (C=O) groups is 2. The summed E-state index contributed by atoms with van der Waals surface area (Å²) in [5.74, 6) is -0.210. The summed E-state index contributed by atoms with van der Waals surface area (Å²) in [6, 6.07) is 16.3. The first-order valence-corrected chi connectivity index (χ1v) is 9.44. The molecule has 0 aliphatic heterocycles. The Bertz CT molecular complexity index is 952. The van der Waals surface area contributed by atoms with Crippen LogP contribution >= 0.6 is 11.3 Å². The monoisotopic (exact) mass is 396 g/mol. The predicted octanol–water partition coefficient (Wildman–Crippen LogP) is 3.81. The number of nitrogens with zero attached hydrogens (tertiary/aromatic N) is 2. The van der Waals surface area contributed by atoms with Gasteiger partial charge >= 0.3 is 5.97 Å². The third-order valence-electron chi connectivity index (χ3n) is 4.04. The summed E-state index contributed by atoms with van der Waals surface area (Å²) in [5.41, 5.74) is 1.65. The Morgan fingerprint density at radius 2 is 1.71 bits per heavy atom. The van der Waals surface area contributed by atoms with Gasteiger partial charge in [0.2, 0.25) is 6.10 Å². The molecule has 0 saturated heterocycles. The van der Waals surface area contributed by atoms with Crippen LogP contribution in [0.2, 0.25) is 0 Å². The Morgan fingerprint density at radius 1 is 1.04 bits per heavy atom. The largest absolute Gasteiger partial charge is 0.497 e. The maximum atomic E-state index is 12.6. The van der Waals surface area contributed by atoms with Gasteiger partial charge in [-0.15, -0.1) is 11.3 Å². The fraction of sp³-hybridized carbons (Fsp3) is 0.190. The second-order valence-electron chi connectivity index (χ2n) is 6.20. The maximum Gasteiger partial charge on any atom is 0.358 e. The van der Waals surface area contributed by atoms with E-state index < -0.39 is 12.1 Å². The van der Waals surface area contributed by atoms with E-state index in [1.807, 2.05) is 30.3 Å². The van der Waals surface area contributed by atoms with Gasteiger partial charge in [0.25, 0.3) is 5.91 Å². The number of rotatable bonds is 6. The fourth-order valence-electron chi connectivity index (χ4n) is 2.52. The van der Waals surface area contributed by atoms with Gasteiger partial charge in [0.1, 0.15) is 10.8 Å². The van der Waals surface area contributed by atoms with Crippen LogP contribution in [0, 0.1) is 0 Å². The molecule has 1 atom stereocenters. The smallest absolute Gasteiger partial charge is 0.358 e. The number of carbonyl (C=O) groups excluding carboxylic acids is 2. The molecule has 2 aromatic carbocycles. The summed E-state index contributed by atoms with van der Waals surface area (Å²) < 4.78 is 10.7. The van der Waals surface area contributed by atoms with Crippen molar-refractivity contribution in [3.8, 4) is 16.3 Å². The number of methoxy groups -OCH3 is 1. The number of amides is 1. The SMILES string of the molecule is COc1ccc(-c2nc(C(=O)OC(C(=O)N(C)C)c3ccccc3)cs2)cc1. The molecular formula is C21H20N2O4S. The van der Waals surface area contributed by atoms with Gasteiger partial charge in [-0.2, -0.15) is 0 Å². The lowest BCUT2D eigenvalue weighted by molar-refractivity contribution is -0.138. The molecule has 144 valence electrons. The fourth-order valence-corrected chi connectivity index (χ4v) is 3.32. The molecule has 1 unspecified atom stereocenters. The normalized spacial score (nSPS) is 11.5. The molecule has 3 rings (SSSR count). The van der Waals surface area contributed by atoms with E-state index in [4.69, 9.17) is 9.47 Å².